The van der Waals surface area contributed by atoms with Gasteiger partial charge in [0.15, 0.2) is 6.29 Å². The molecule has 0 saturated carbocycles. The van der Waals surface area contributed by atoms with E-state index in [0.717, 1.165) is 19.4 Å². The van der Waals surface area contributed by atoms with Crippen LogP contribution in [0.25, 0.3) is 0 Å². The van der Waals surface area contributed by atoms with Crippen LogP contribution in [0.5, 0.6) is 0 Å². The zero-order valence-electron chi connectivity index (χ0n) is 12.7. The van der Waals surface area contributed by atoms with Crippen molar-refractivity contribution in [1.29, 1.82) is 0 Å². The second-order valence-corrected chi connectivity index (χ2v) is 4.57. The molecule has 1 rings (SSSR count). The van der Waals surface area contributed by atoms with Gasteiger partial charge in [0, 0.05) is 38.9 Å². The fourth-order valence-corrected chi connectivity index (χ4v) is 2.00. The van der Waals surface area contributed by atoms with Crippen molar-refractivity contribution in [3.63, 3.8) is 0 Å². The molecule has 0 N–H and O–H groups in total. The van der Waals surface area contributed by atoms with Crippen molar-refractivity contribution in [3.05, 3.63) is 29.8 Å². The van der Waals surface area contributed by atoms with Gasteiger partial charge in [0.25, 0.3) is 0 Å². The number of aryl methyl sites for hydroxylation is 1. The van der Waals surface area contributed by atoms with Crippen LogP contribution in [-0.4, -0.2) is 33.1 Å². The Balaban J connectivity index is 2.45. The molecule has 108 valence electrons. The molecule has 0 saturated heterocycles. The molecule has 0 aromatic heterocycles. The Hall–Kier alpha value is -1.06. The summed E-state index contributed by atoms with van der Waals surface area (Å²) in [6.45, 7) is 8.49. The van der Waals surface area contributed by atoms with Gasteiger partial charge < -0.3 is 14.4 Å². The van der Waals surface area contributed by atoms with E-state index in [9.17, 15) is 0 Å². The van der Waals surface area contributed by atoms with Crippen LogP contribution in [-0.2, 0) is 15.9 Å². The average Bonchev–Trinajstić information content (AvgIpc) is 2.45. The van der Waals surface area contributed by atoms with Crippen molar-refractivity contribution in [2.75, 3.05) is 31.7 Å². The predicted octanol–water partition coefficient (Wildman–Crippen LogP) is 3.47. The average molecular weight is 265 g/mol. The van der Waals surface area contributed by atoms with Crippen molar-refractivity contribution in [2.24, 2.45) is 0 Å². The van der Waals surface area contributed by atoms with E-state index in [0.29, 0.717) is 13.2 Å². The third-order valence-corrected chi connectivity index (χ3v) is 3.19. The molecular formula is C16H27NO2. The van der Waals surface area contributed by atoms with E-state index < -0.39 is 0 Å². The SMILES string of the molecule is CCOC(CCN(C)c1ccc(CC)cc1)OCC. The van der Waals surface area contributed by atoms with Gasteiger partial charge in [0.2, 0.25) is 0 Å². The van der Waals surface area contributed by atoms with Gasteiger partial charge in [-0.1, -0.05) is 19.1 Å². The van der Waals surface area contributed by atoms with Crippen LogP contribution >= 0.6 is 0 Å². The maximum Gasteiger partial charge on any atom is 0.159 e. The number of benzene rings is 1. The Morgan fingerprint density at radius 1 is 1.00 bits per heavy atom. The highest BCUT2D eigenvalue weighted by Crippen LogP contribution is 2.15. The van der Waals surface area contributed by atoms with Crippen molar-refractivity contribution in [1.82, 2.24) is 0 Å². The second kappa shape index (κ2) is 8.94. The maximum atomic E-state index is 5.56. The van der Waals surface area contributed by atoms with E-state index in [2.05, 4.69) is 43.1 Å². The Morgan fingerprint density at radius 3 is 2.05 bits per heavy atom. The van der Waals surface area contributed by atoms with Gasteiger partial charge >= 0.3 is 0 Å². The minimum absolute atomic E-state index is 0.0904. The summed E-state index contributed by atoms with van der Waals surface area (Å²) >= 11 is 0. The first-order valence-electron chi connectivity index (χ1n) is 7.24. The standard InChI is InChI=1S/C16H27NO2/c1-5-14-8-10-15(11-9-14)17(4)13-12-16(18-6-2)19-7-3/h8-11,16H,5-7,12-13H2,1-4H3. The quantitative estimate of drug-likeness (QED) is 0.638. The molecule has 0 atom stereocenters. The van der Waals surface area contributed by atoms with E-state index in [1.165, 1.54) is 11.3 Å². The lowest BCUT2D eigenvalue weighted by Gasteiger charge is -2.23. The molecule has 0 fully saturated rings. The largest absolute Gasteiger partial charge is 0.374 e. The first-order valence-corrected chi connectivity index (χ1v) is 7.24. The first kappa shape index (κ1) is 16.0. The molecule has 0 bridgehead atoms. The minimum atomic E-state index is -0.0904. The first-order chi connectivity index (χ1) is 9.21. The molecular weight excluding hydrogens is 238 g/mol. The van der Waals surface area contributed by atoms with Gasteiger partial charge in [-0.05, 0) is 38.0 Å². The normalized spacial score (nSPS) is 11.0. The summed E-state index contributed by atoms with van der Waals surface area (Å²) in [6, 6.07) is 8.73. The lowest BCUT2D eigenvalue weighted by Crippen LogP contribution is -2.26. The molecule has 0 radical (unpaired) electrons. The van der Waals surface area contributed by atoms with Gasteiger partial charge in [-0.3, -0.25) is 0 Å². The van der Waals surface area contributed by atoms with Crippen LogP contribution in [0, 0.1) is 0 Å². The third kappa shape index (κ3) is 5.62. The van der Waals surface area contributed by atoms with E-state index in [-0.39, 0.29) is 6.29 Å². The summed E-state index contributed by atoms with van der Waals surface area (Å²) < 4.78 is 11.1. The van der Waals surface area contributed by atoms with E-state index >= 15 is 0 Å². The number of ether oxygens (including phenoxy) is 2. The van der Waals surface area contributed by atoms with Gasteiger partial charge in [-0.25, -0.2) is 0 Å². The Bertz CT molecular complexity index is 331. The smallest absolute Gasteiger partial charge is 0.159 e. The second-order valence-electron chi connectivity index (χ2n) is 4.57. The summed E-state index contributed by atoms with van der Waals surface area (Å²) in [5.41, 5.74) is 2.61. The molecule has 1 aromatic carbocycles. The van der Waals surface area contributed by atoms with Gasteiger partial charge in [-0.2, -0.15) is 0 Å². The summed E-state index contributed by atoms with van der Waals surface area (Å²) in [4.78, 5) is 2.24. The molecule has 0 spiro atoms. The summed E-state index contributed by atoms with van der Waals surface area (Å²) in [7, 11) is 2.11. The highest BCUT2D eigenvalue weighted by molar-refractivity contribution is 5.46. The van der Waals surface area contributed by atoms with Crippen LogP contribution < -0.4 is 4.90 Å². The van der Waals surface area contributed by atoms with Crippen molar-refractivity contribution < 1.29 is 9.47 Å². The lowest BCUT2D eigenvalue weighted by molar-refractivity contribution is -0.137. The number of hydrogen-bond donors (Lipinski definition) is 0. The number of hydrogen-bond acceptors (Lipinski definition) is 3. The fraction of sp³-hybridized carbons (Fsp3) is 0.625. The highest BCUT2D eigenvalue weighted by atomic mass is 16.7. The van der Waals surface area contributed by atoms with E-state index in [1.807, 2.05) is 13.8 Å². The van der Waals surface area contributed by atoms with Crippen molar-refractivity contribution >= 4 is 5.69 Å². The topological polar surface area (TPSA) is 21.7 Å². The Morgan fingerprint density at radius 2 is 1.58 bits per heavy atom. The minimum Gasteiger partial charge on any atom is -0.374 e. The van der Waals surface area contributed by atoms with E-state index in [4.69, 9.17) is 9.47 Å². The molecule has 0 amide bonds. The molecule has 0 unspecified atom stereocenters. The van der Waals surface area contributed by atoms with Gasteiger partial charge in [-0.15, -0.1) is 0 Å². The molecule has 19 heavy (non-hydrogen) atoms. The van der Waals surface area contributed by atoms with Gasteiger partial charge in [0.05, 0.1) is 0 Å². The summed E-state index contributed by atoms with van der Waals surface area (Å²) in [6.07, 6.45) is 1.88. The predicted molar refractivity (Wildman–Crippen MR) is 80.7 cm³/mol. The third-order valence-electron chi connectivity index (χ3n) is 3.19. The molecule has 0 aliphatic heterocycles. The Labute approximate surface area is 117 Å². The van der Waals surface area contributed by atoms with Crippen LogP contribution in [0.1, 0.15) is 32.8 Å². The van der Waals surface area contributed by atoms with Crippen LogP contribution in [0.2, 0.25) is 0 Å². The molecule has 0 aliphatic carbocycles. The zero-order chi connectivity index (χ0) is 14.1. The zero-order valence-corrected chi connectivity index (χ0v) is 12.7. The molecule has 1 aromatic rings. The van der Waals surface area contributed by atoms with Crippen LogP contribution in [0.3, 0.4) is 0 Å². The fourth-order valence-electron chi connectivity index (χ4n) is 2.00. The van der Waals surface area contributed by atoms with Crippen molar-refractivity contribution in [2.45, 2.75) is 39.9 Å². The monoisotopic (exact) mass is 265 g/mol. The maximum absolute atomic E-state index is 5.56. The molecule has 3 nitrogen and oxygen atoms in total. The summed E-state index contributed by atoms with van der Waals surface area (Å²) in [5.74, 6) is 0. The summed E-state index contributed by atoms with van der Waals surface area (Å²) in [5, 5.41) is 0. The Kier molecular flexibility index (Phi) is 7.53. The number of anilines is 1. The lowest BCUT2D eigenvalue weighted by atomic mass is 10.1. The molecule has 3 heteroatoms. The van der Waals surface area contributed by atoms with Crippen LogP contribution in [0.15, 0.2) is 24.3 Å². The van der Waals surface area contributed by atoms with Gasteiger partial charge in [0.1, 0.15) is 0 Å². The number of rotatable bonds is 9. The van der Waals surface area contributed by atoms with Crippen LogP contribution in [0.4, 0.5) is 5.69 Å². The molecule has 0 aliphatic rings. The highest BCUT2D eigenvalue weighted by Gasteiger charge is 2.09. The number of nitrogens with zero attached hydrogens (tertiary/aromatic N) is 1. The molecule has 0 heterocycles. The van der Waals surface area contributed by atoms with Crippen molar-refractivity contribution in [3.8, 4) is 0 Å². The van der Waals surface area contributed by atoms with E-state index in [1.54, 1.807) is 0 Å².